The molecular formula is C17H14FN9O. The molecule has 1 aromatic carbocycles. The smallest absolute Gasteiger partial charge is 0.276 e. The van der Waals surface area contributed by atoms with Gasteiger partial charge < -0.3 is 20.9 Å². The second-order valence-electron chi connectivity index (χ2n) is 5.59. The van der Waals surface area contributed by atoms with Crippen LogP contribution in [0.3, 0.4) is 0 Å². The van der Waals surface area contributed by atoms with Crippen LogP contribution >= 0.6 is 0 Å². The van der Waals surface area contributed by atoms with Gasteiger partial charge in [0.1, 0.15) is 11.5 Å². The summed E-state index contributed by atoms with van der Waals surface area (Å²) in [6.45, 7) is 0. The molecule has 4 rings (SSSR count). The van der Waals surface area contributed by atoms with Crippen molar-refractivity contribution in [2.24, 2.45) is 0 Å². The lowest BCUT2D eigenvalue weighted by molar-refractivity contribution is 0.430. The van der Waals surface area contributed by atoms with E-state index in [9.17, 15) is 4.39 Å². The summed E-state index contributed by atoms with van der Waals surface area (Å²) in [6.07, 6.45) is 1.49. The number of pyridine rings is 1. The Bertz CT molecular complexity index is 1110. The van der Waals surface area contributed by atoms with Crippen LogP contribution in [0.25, 0.3) is 23.2 Å². The fourth-order valence-corrected chi connectivity index (χ4v) is 2.29. The monoisotopic (exact) mass is 379 g/mol. The molecule has 3 heterocycles. The van der Waals surface area contributed by atoms with Gasteiger partial charge in [-0.25, -0.2) is 9.37 Å². The SMILES string of the molecule is CNc1nc(Nc2cccc(F)c2)nc(-c2noc(-c3ccc(N)cn3)n2)n1. The molecule has 140 valence electrons. The Balaban J connectivity index is 1.67. The number of nitrogen functional groups attached to an aromatic ring is 1. The molecule has 0 unspecified atom stereocenters. The number of benzene rings is 1. The molecule has 0 saturated heterocycles. The second kappa shape index (κ2) is 7.23. The Hall–Kier alpha value is -4.15. The van der Waals surface area contributed by atoms with Gasteiger partial charge >= 0.3 is 0 Å². The van der Waals surface area contributed by atoms with E-state index in [2.05, 4.69) is 40.7 Å². The fraction of sp³-hybridized carbons (Fsp3) is 0.0588. The predicted octanol–water partition coefficient (Wildman–Crippen LogP) is 2.49. The minimum absolute atomic E-state index is 0.148. The molecule has 0 fully saturated rings. The van der Waals surface area contributed by atoms with Crippen molar-refractivity contribution in [2.45, 2.75) is 0 Å². The lowest BCUT2D eigenvalue weighted by Gasteiger charge is -2.07. The minimum Gasteiger partial charge on any atom is -0.397 e. The second-order valence-corrected chi connectivity index (χ2v) is 5.59. The van der Waals surface area contributed by atoms with Gasteiger partial charge in [0, 0.05) is 12.7 Å². The first-order valence-electron chi connectivity index (χ1n) is 8.13. The van der Waals surface area contributed by atoms with Gasteiger partial charge in [-0.1, -0.05) is 11.2 Å². The van der Waals surface area contributed by atoms with E-state index in [-0.39, 0.29) is 35.3 Å². The molecule has 0 saturated carbocycles. The number of halogens is 1. The molecule has 0 radical (unpaired) electrons. The van der Waals surface area contributed by atoms with Crippen LogP contribution in [-0.4, -0.2) is 37.1 Å². The van der Waals surface area contributed by atoms with E-state index in [0.717, 1.165) is 0 Å². The van der Waals surface area contributed by atoms with Crippen LogP contribution in [0.5, 0.6) is 0 Å². The molecule has 0 spiro atoms. The Kier molecular flexibility index (Phi) is 4.46. The number of anilines is 4. The summed E-state index contributed by atoms with van der Waals surface area (Å²) in [5.41, 5.74) is 7.10. The molecule has 4 aromatic rings. The minimum atomic E-state index is -0.382. The highest BCUT2D eigenvalue weighted by Gasteiger charge is 2.16. The van der Waals surface area contributed by atoms with Crippen LogP contribution in [-0.2, 0) is 0 Å². The zero-order chi connectivity index (χ0) is 19.5. The van der Waals surface area contributed by atoms with Crippen molar-refractivity contribution in [1.29, 1.82) is 0 Å². The van der Waals surface area contributed by atoms with E-state index < -0.39 is 0 Å². The number of nitrogens with zero attached hydrogens (tertiary/aromatic N) is 6. The van der Waals surface area contributed by atoms with Gasteiger partial charge in [0.05, 0.1) is 11.9 Å². The lowest BCUT2D eigenvalue weighted by atomic mass is 10.3. The quantitative estimate of drug-likeness (QED) is 0.473. The maximum absolute atomic E-state index is 13.4. The number of hydrogen-bond donors (Lipinski definition) is 3. The first-order chi connectivity index (χ1) is 13.6. The van der Waals surface area contributed by atoms with E-state index in [1.54, 1.807) is 31.3 Å². The van der Waals surface area contributed by atoms with E-state index in [1.165, 1.54) is 18.3 Å². The Morgan fingerprint density at radius 1 is 1.00 bits per heavy atom. The normalized spacial score (nSPS) is 10.6. The van der Waals surface area contributed by atoms with E-state index in [4.69, 9.17) is 10.3 Å². The summed E-state index contributed by atoms with van der Waals surface area (Å²) in [5, 5.41) is 9.65. The van der Waals surface area contributed by atoms with Gasteiger partial charge in [-0.3, -0.25) is 0 Å². The highest BCUT2D eigenvalue weighted by atomic mass is 19.1. The Morgan fingerprint density at radius 3 is 2.61 bits per heavy atom. The molecule has 3 aromatic heterocycles. The summed E-state index contributed by atoms with van der Waals surface area (Å²) in [7, 11) is 1.66. The molecule has 0 amide bonds. The number of rotatable bonds is 5. The summed E-state index contributed by atoms with van der Waals surface area (Å²) in [4.78, 5) is 21.1. The highest BCUT2D eigenvalue weighted by Crippen LogP contribution is 2.22. The summed E-state index contributed by atoms with van der Waals surface area (Å²) < 4.78 is 18.6. The molecule has 0 aliphatic heterocycles. The third-order valence-corrected chi connectivity index (χ3v) is 3.57. The average molecular weight is 379 g/mol. The molecule has 0 aliphatic carbocycles. The first kappa shape index (κ1) is 17.3. The first-order valence-corrected chi connectivity index (χ1v) is 8.13. The molecule has 28 heavy (non-hydrogen) atoms. The molecule has 10 nitrogen and oxygen atoms in total. The molecular weight excluding hydrogens is 365 g/mol. The third-order valence-electron chi connectivity index (χ3n) is 3.57. The Morgan fingerprint density at radius 2 is 1.86 bits per heavy atom. The van der Waals surface area contributed by atoms with Crippen LogP contribution in [0.4, 0.5) is 27.7 Å². The van der Waals surface area contributed by atoms with Crippen LogP contribution < -0.4 is 16.4 Å². The maximum atomic E-state index is 13.4. The van der Waals surface area contributed by atoms with Crippen molar-refractivity contribution >= 4 is 23.3 Å². The zero-order valence-electron chi connectivity index (χ0n) is 14.6. The topological polar surface area (TPSA) is 141 Å². The fourth-order valence-electron chi connectivity index (χ4n) is 2.29. The number of nitrogens with two attached hydrogens (primary N) is 1. The summed E-state index contributed by atoms with van der Waals surface area (Å²) in [5.74, 6) is 0.601. The van der Waals surface area contributed by atoms with E-state index >= 15 is 0 Å². The van der Waals surface area contributed by atoms with Crippen LogP contribution in [0.15, 0.2) is 47.1 Å². The van der Waals surface area contributed by atoms with E-state index in [1.807, 2.05) is 0 Å². The standard InChI is InChI=1S/C17H14FN9O/c1-20-16-24-13(25-17(26-16)22-11-4-2-3-9(18)7-11)14-23-15(28-27-14)12-6-5-10(19)8-21-12/h2-8H,19H2,1H3,(H2,20,22,24,25,26). The lowest BCUT2D eigenvalue weighted by Crippen LogP contribution is -2.06. The molecule has 0 atom stereocenters. The highest BCUT2D eigenvalue weighted by molar-refractivity contribution is 5.58. The zero-order valence-corrected chi connectivity index (χ0v) is 14.6. The van der Waals surface area contributed by atoms with Gasteiger partial charge in [0.2, 0.25) is 23.5 Å². The van der Waals surface area contributed by atoms with Gasteiger partial charge in [-0.2, -0.15) is 19.9 Å². The van der Waals surface area contributed by atoms with Gasteiger partial charge in [0.15, 0.2) is 0 Å². The average Bonchev–Trinajstić information content (AvgIpc) is 3.18. The Labute approximate surface area is 158 Å². The summed E-state index contributed by atoms with van der Waals surface area (Å²) >= 11 is 0. The number of hydrogen-bond acceptors (Lipinski definition) is 10. The molecule has 0 aliphatic rings. The van der Waals surface area contributed by atoms with Crippen molar-refractivity contribution in [3.63, 3.8) is 0 Å². The van der Waals surface area contributed by atoms with Gasteiger partial charge in [-0.05, 0) is 30.3 Å². The largest absolute Gasteiger partial charge is 0.397 e. The van der Waals surface area contributed by atoms with Gasteiger partial charge in [0.25, 0.3) is 5.89 Å². The van der Waals surface area contributed by atoms with E-state index in [0.29, 0.717) is 17.1 Å². The molecule has 11 heteroatoms. The van der Waals surface area contributed by atoms with Crippen molar-refractivity contribution in [2.75, 3.05) is 23.4 Å². The molecule has 0 bridgehead atoms. The van der Waals surface area contributed by atoms with Crippen LogP contribution in [0, 0.1) is 5.82 Å². The molecule has 4 N–H and O–H groups in total. The van der Waals surface area contributed by atoms with Crippen LogP contribution in [0.1, 0.15) is 0 Å². The number of nitrogens with one attached hydrogen (secondary N) is 2. The summed E-state index contributed by atoms with van der Waals surface area (Å²) in [6, 6.07) is 9.26. The van der Waals surface area contributed by atoms with Gasteiger partial charge in [-0.15, -0.1) is 0 Å². The van der Waals surface area contributed by atoms with Crippen molar-refractivity contribution in [3.05, 3.63) is 48.4 Å². The predicted molar refractivity (Wildman–Crippen MR) is 100.0 cm³/mol. The van der Waals surface area contributed by atoms with Crippen LogP contribution in [0.2, 0.25) is 0 Å². The van der Waals surface area contributed by atoms with Crippen molar-refractivity contribution < 1.29 is 8.91 Å². The third kappa shape index (κ3) is 3.67. The number of aromatic nitrogens is 6. The maximum Gasteiger partial charge on any atom is 0.276 e. The van der Waals surface area contributed by atoms with Crippen molar-refractivity contribution in [3.8, 4) is 23.2 Å². The van der Waals surface area contributed by atoms with Crippen molar-refractivity contribution in [1.82, 2.24) is 30.1 Å².